The molecule has 0 radical (unpaired) electrons. The van der Waals surface area contributed by atoms with E-state index in [1.807, 2.05) is 19.6 Å². The van der Waals surface area contributed by atoms with Crippen molar-refractivity contribution < 1.29 is 0 Å². The smallest absolute Gasteiger partial charge is 0.193 e. The van der Waals surface area contributed by atoms with Crippen LogP contribution in [0.4, 0.5) is 0 Å². The monoisotopic (exact) mass is 275 g/mol. The Morgan fingerprint density at radius 3 is 2.80 bits per heavy atom. The molecule has 1 aliphatic carbocycles. The summed E-state index contributed by atoms with van der Waals surface area (Å²) in [7, 11) is 1.89. The Morgan fingerprint density at radius 1 is 1.35 bits per heavy atom. The van der Waals surface area contributed by atoms with Gasteiger partial charge >= 0.3 is 0 Å². The Bertz CT molecular complexity index is 449. The molecular formula is C15H25N5. The molecular weight excluding hydrogens is 250 g/mol. The lowest BCUT2D eigenvalue weighted by Crippen LogP contribution is -2.52. The first-order valence-electron chi connectivity index (χ1n) is 7.73. The van der Waals surface area contributed by atoms with E-state index in [9.17, 15) is 0 Å². The summed E-state index contributed by atoms with van der Waals surface area (Å²) in [5.74, 6) is 1.76. The molecule has 5 heteroatoms. The van der Waals surface area contributed by atoms with Gasteiger partial charge in [0.2, 0.25) is 0 Å². The lowest BCUT2D eigenvalue weighted by Gasteiger charge is -2.41. The van der Waals surface area contributed by atoms with E-state index in [0.29, 0.717) is 18.0 Å². The van der Waals surface area contributed by atoms with E-state index < -0.39 is 0 Å². The first-order valence-corrected chi connectivity index (χ1v) is 7.73. The number of hydrogen-bond donors (Lipinski definition) is 1. The number of guanidine groups is 1. The average Bonchev–Trinajstić information content (AvgIpc) is 2.93. The fourth-order valence-corrected chi connectivity index (χ4v) is 3.13. The Balaban J connectivity index is 1.67. The molecule has 1 aromatic rings. The number of rotatable bonds is 2. The molecule has 1 N–H and O–H groups in total. The van der Waals surface area contributed by atoms with Gasteiger partial charge in [-0.15, -0.1) is 0 Å². The molecule has 0 amide bonds. The topological polar surface area (TPSA) is 45.5 Å². The summed E-state index contributed by atoms with van der Waals surface area (Å²) < 4.78 is 2.24. The third-order valence-electron chi connectivity index (χ3n) is 4.78. The highest BCUT2D eigenvalue weighted by Crippen LogP contribution is 2.28. The SMILES string of the molecule is CN=C(NC1CCC1)N1CCC(C)C(n2ccnc2)C1. The first-order chi connectivity index (χ1) is 9.78. The largest absolute Gasteiger partial charge is 0.354 e. The van der Waals surface area contributed by atoms with E-state index in [1.165, 1.54) is 25.7 Å². The highest BCUT2D eigenvalue weighted by atomic mass is 15.3. The molecule has 0 spiro atoms. The van der Waals surface area contributed by atoms with Crippen LogP contribution in [0.15, 0.2) is 23.7 Å². The van der Waals surface area contributed by atoms with Gasteiger partial charge in [0.25, 0.3) is 0 Å². The van der Waals surface area contributed by atoms with Crippen LogP contribution in [0.5, 0.6) is 0 Å². The van der Waals surface area contributed by atoms with Crippen LogP contribution >= 0.6 is 0 Å². The van der Waals surface area contributed by atoms with Crippen molar-refractivity contribution in [1.29, 1.82) is 0 Å². The number of imidazole rings is 1. The standard InChI is InChI=1S/C15H25N5/c1-12-6-8-19(10-14(12)20-9-7-17-11-20)15(16-2)18-13-4-3-5-13/h7,9,11-14H,3-6,8,10H2,1-2H3,(H,16,18). The zero-order valence-corrected chi connectivity index (χ0v) is 12.5. The third kappa shape index (κ3) is 2.67. The van der Waals surface area contributed by atoms with Gasteiger partial charge in [0.15, 0.2) is 5.96 Å². The third-order valence-corrected chi connectivity index (χ3v) is 4.78. The maximum atomic E-state index is 4.48. The fraction of sp³-hybridized carbons (Fsp3) is 0.733. The zero-order valence-electron chi connectivity index (χ0n) is 12.5. The number of piperidine rings is 1. The second-order valence-electron chi connectivity index (χ2n) is 6.11. The maximum absolute atomic E-state index is 4.48. The molecule has 2 unspecified atom stereocenters. The Kier molecular flexibility index (Phi) is 3.94. The molecule has 0 bridgehead atoms. The average molecular weight is 275 g/mol. The predicted octanol–water partition coefficient (Wildman–Crippen LogP) is 1.89. The van der Waals surface area contributed by atoms with E-state index in [0.717, 1.165) is 19.0 Å². The van der Waals surface area contributed by atoms with Crippen molar-refractivity contribution >= 4 is 5.96 Å². The van der Waals surface area contributed by atoms with Gasteiger partial charge in [-0.05, 0) is 31.6 Å². The molecule has 5 nitrogen and oxygen atoms in total. The van der Waals surface area contributed by atoms with Crippen LogP contribution in [0.2, 0.25) is 0 Å². The van der Waals surface area contributed by atoms with Crippen molar-refractivity contribution in [2.24, 2.45) is 10.9 Å². The zero-order chi connectivity index (χ0) is 13.9. The molecule has 2 aliphatic rings. The minimum Gasteiger partial charge on any atom is -0.354 e. The lowest BCUT2D eigenvalue weighted by atomic mass is 9.92. The highest BCUT2D eigenvalue weighted by molar-refractivity contribution is 5.80. The maximum Gasteiger partial charge on any atom is 0.193 e. The number of likely N-dealkylation sites (tertiary alicyclic amines) is 1. The van der Waals surface area contributed by atoms with Gasteiger partial charge in [0.05, 0.1) is 12.4 Å². The highest BCUT2D eigenvalue weighted by Gasteiger charge is 2.30. The molecule has 3 rings (SSSR count). The van der Waals surface area contributed by atoms with E-state index in [1.54, 1.807) is 0 Å². The summed E-state index contributed by atoms with van der Waals surface area (Å²) >= 11 is 0. The van der Waals surface area contributed by atoms with Gasteiger partial charge in [0.1, 0.15) is 0 Å². The first kappa shape index (κ1) is 13.5. The number of aromatic nitrogens is 2. The molecule has 2 fully saturated rings. The summed E-state index contributed by atoms with van der Waals surface area (Å²) in [5, 5.41) is 3.60. The van der Waals surface area contributed by atoms with E-state index in [2.05, 4.69) is 37.9 Å². The van der Waals surface area contributed by atoms with Crippen LogP contribution in [-0.2, 0) is 0 Å². The van der Waals surface area contributed by atoms with Crippen LogP contribution in [0.1, 0.15) is 38.6 Å². The lowest BCUT2D eigenvalue weighted by molar-refractivity contribution is 0.186. The minimum absolute atomic E-state index is 0.492. The van der Waals surface area contributed by atoms with Gasteiger partial charge in [-0.2, -0.15) is 0 Å². The van der Waals surface area contributed by atoms with Crippen molar-refractivity contribution in [3.8, 4) is 0 Å². The Labute approximate surface area is 121 Å². The molecule has 1 aliphatic heterocycles. The number of nitrogens with zero attached hydrogens (tertiary/aromatic N) is 4. The normalized spacial score (nSPS) is 28.3. The van der Waals surface area contributed by atoms with Crippen LogP contribution in [-0.4, -0.2) is 46.6 Å². The van der Waals surface area contributed by atoms with Gasteiger partial charge in [0, 0.05) is 38.6 Å². The summed E-state index contributed by atoms with van der Waals surface area (Å²) in [6.07, 6.45) is 11.0. The number of aliphatic imine (C=N–C) groups is 1. The Morgan fingerprint density at radius 2 is 2.20 bits per heavy atom. The summed E-state index contributed by atoms with van der Waals surface area (Å²) in [6, 6.07) is 1.13. The van der Waals surface area contributed by atoms with Crippen molar-refractivity contribution in [1.82, 2.24) is 19.8 Å². The second-order valence-corrected chi connectivity index (χ2v) is 6.11. The fourth-order valence-electron chi connectivity index (χ4n) is 3.13. The van der Waals surface area contributed by atoms with Gasteiger partial charge < -0.3 is 14.8 Å². The Hall–Kier alpha value is -1.52. The van der Waals surface area contributed by atoms with Crippen LogP contribution in [0.3, 0.4) is 0 Å². The second kappa shape index (κ2) is 5.85. The molecule has 20 heavy (non-hydrogen) atoms. The predicted molar refractivity (Wildman–Crippen MR) is 80.8 cm³/mol. The minimum atomic E-state index is 0.492. The van der Waals surface area contributed by atoms with Gasteiger partial charge in [-0.25, -0.2) is 4.98 Å². The molecule has 110 valence electrons. The van der Waals surface area contributed by atoms with Gasteiger partial charge in [-0.1, -0.05) is 6.92 Å². The molecule has 2 heterocycles. The number of nitrogens with one attached hydrogen (secondary N) is 1. The molecule has 1 saturated carbocycles. The van der Waals surface area contributed by atoms with Crippen molar-refractivity contribution in [2.75, 3.05) is 20.1 Å². The van der Waals surface area contributed by atoms with E-state index in [4.69, 9.17) is 0 Å². The molecule has 2 atom stereocenters. The van der Waals surface area contributed by atoms with E-state index in [-0.39, 0.29) is 0 Å². The number of hydrogen-bond acceptors (Lipinski definition) is 2. The van der Waals surface area contributed by atoms with Crippen molar-refractivity contribution in [2.45, 2.75) is 44.7 Å². The molecule has 1 saturated heterocycles. The quantitative estimate of drug-likeness (QED) is 0.662. The van der Waals surface area contributed by atoms with Crippen LogP contribution in [0.25, 0.3) is 0 Å². The van der Waals surface area contributed by atoms with Crippen LogP contribution in [0, 0.1) is 5.92 Å². The van der Waals surface area contributed by atoms with Crippen LogP contribution < -0.4 is 5.32 Å². The van der Waals surface area contributed by atoms with Crippen molar-refractivity contribution in [3.63, 3.8) is 0 Å². The molecule has 0 aromatic carbocycles. The summed E-state index contributed by atoms with van der Waals surface area (Å²) in [4.78, 5) is 11.1. The van der Waals surface area contributed by atoms with Gasteiger partial charge in [-0.3, -0.25) is 4.99 Å². The summed E-state index contributed by atoms with van der Waals surface area (Å²) in [6.45, 7) is 4.45. The molecule has 1 aromatic heterocycles. The van der Waals surface area contributed by atoms with Crippen molar-refractivity contribution in [3.05, 3.63) is 18.7 Å². The van der Waals surface area contributed by atoms with E-state index >= 15 is 0 Å². The summed E-state index contributed by atoms with van der Waals surface area (Å²) in [5.41, 5.74) is 0.